The van der Waals surface area contributed by atoms with Gasteiger partial charge in [-0.25, -0.2) is 0 Å². The molecule has 1 aliphatic rings. The molecule has 1 saturated heterocycles. The summed E-state index contributed by atoms with van der Waals surface area (Å²) in [5.41, 5.74) is 12.3. The number of benzene rings is 1. The van der Waals surface area contributed by atoms with Gasteiger partial charge in [0.15, 0.2) is 0 Å². The minimum atomic E-state index is 0.0420. The molecule has 0 saturated carbocycles. The second kappa shape index (κ2) is 8.54. The van der Waals surface area contributed by atoms with Gasteiger partial charge in [-0.3, -0.25) is 14.6 Å². The van der Waals surface area contributed by atoms with Crippen LogP contribution in [0.15, 0.2) is 30.3 Å². The van der Waals surface area contributed by atoms with Gasteiger partial charge in [-0.15, -0.1) is 0 Å². The first-order chi connectivity index (χ1) is 12.6. The van der Waals surface area contributed by atoms with Gasteiger partial charge in [0, 0.05) is 32.7 Å². The molecule has 1 aromatic heterocycles. The third-order valence-corrected chi connectivity index (χ3v) is 4.25. The molecule has 2 aromatic rings. The Balaban J connectivity index is 1.40. The van der Waals surface area contributed by atoms with Crippen LogP contribution in [-0.2, 0) is 17.9 Å². The molecule has 9 nitrogen and oxygen atoms in total. The molecule has 2 heterocycles. The fraction of sp³-hybridized carbons (Fsp3) is 0.412. The quantitative estimate of drug-likeness (QED) is 0.630. The van der Waals surface area contributed by atoms with E-state index in [0.29, 0.717) is 25.5 Å². The van der Waals surface area contributed by atoms with E-state index in [2.05, 4.69) is 30.1 Å². The number of hydrogen-bond donors (Lipinski definition) is 3. The molecule has 1 amide bonds. The third-order valence-electron chi connectivity index (χ3n) is 4.25. The minimum absolute atomic E-state index is 0.0420. The van der Waals surface area contributed by atoms with Crippen LogP contribution < -0.4 is 16.8 Å². The van der Waals surface area contributed by atoms with Crippen molar-refractivity contribution in [2.75, 3.05) is 44.2 Å². The molecule has 5 N–H and O–H groups in total. The number of nitrogens with one attached hydrogen (secondary N) is 1. The fourth-order valence-electron chi connectivity index (χ4n) is 2.89. The number of amides is 1. The van der Waals surface area contributed by atoms with Crippen molar-refractivity contribution in [3.8, 4) is 0 Å². The maximum absolute atomic E-state index is 12.1. The number of nitrogens with zero attached hydrogens (tertiary/aromatic N) is 5. The number of piperazine rings is 1. The van der Waals surface area contributed by atoms with E-state index in [0.717, 1.165) is 31.7 Å². The number of aromatic nitrogens is 3. The molecule has 1 aliphatic heterocycles. The predicted octanol–water partition coefficient (Wildman–Crippen LogP) is -0.530. The smallest absolute Gasteiger partial charge is 0.234 e. The van der Waals surface area contributed by atoms with Crippen molar-refractivity contribution in [2.45, 2.75) is 13.1 Å². The van der Waals surface area contributed by atoms with Crippen LogP contribution in [0.2, 0.25) is 0 Å². The lowest BCUT2D eigenvalue weighted by Crippen LogP contribution is -2.49. The molecule has 1 fully saturated rings. The van der Waals surface area contributed by atoms with Gasteiger partial charge in [0.25, 0.3) is 0 Å². The monoisotopic (exact) mass is 356 g/mol. The Kier molecular flexibility index (Phi) is 5.92. The van der Waals surface area contributed by atoms with Crippen LogP contribution in [-0.4, -0.2) is 63.4 Å². The standard InChI is InChI=1S/C17H24N8O/c18-16-21-14(22-17(19)23-16)11-24-6-8-25(9-7-24)12-15(26)20-10-13-4-2-1-3-5-13/h1-5H,6-12H2,(H,20,26)(H4,18,19,21,22,23). The highest BCUT2D eigenvalue weighted by Gasteiger charge is 2.20. The Morgan fingerprint density at radius 1 is 0.962 bits per heavy atom. The first-order valence-corrected chi connectivity index (χ1v) is 8.60. The van der Waals surface area contributed by atoms with Gasteiger partial charge < -0.3 is 16.8 Å². The zero-order valence-electron chi connectivity index (χ0n) is 14.6. The molecule has 0 spiro atoms. The molecule has 1 aromatic carbocycles. The molecule has 3 rings (SSSR count). The van der Waals surface area contributed by atoms with Crippen molar-refractivity contribution in [1.82, 2.24) is 30.1 Å². The average molecular weight is 356 g/mol. The highest BCUT2D eigenvalue weighted by molar-refractivity contribution is 5.78. The Hall–Kier alpha value is -2.78. The summed E-state index contributed by atoms with van der Waals surface area (Å²) in [7, 11) is 0. The van der Waals surface area contributed by atoms with Gasteiger partial charge in [0.2, 0.25) is 17.8 Å². The van der Waals surface area contributed by atoms with Crippen LogP contribution in [0.5, 0.6) is 0 Å². The molecule has 0 radical (unpaired) electrons. The van der Waals surface area contributed by atoms with E-state index in [1.165, 1.54) is 0 Å². The van der Waals surface area contributed by atoms with Crippen LogP contribution in [0.3, 0.4) is 0 Å². The van der Waals surface area contributed by atoms with Gasteiger partial charge in [-0.1, -0.05) is 30.3 Å². The first-order valence-electron chi connectivity index (χ1n) is 8.60. The van der Waals surface area contributed by atoms with Gasteiger partial charge in [-0.05, 0) is 5.56 Å². The van der Waals surface area contributed by atoms with E-state index in [4.69, 9.17) is 11.5 Å². The Morgan fingerprint density at radius 2 is 1.58 bits per heavy atom. The molecule has 9 heteroatoms. The number of carbonyl (C=O) groups is 1. The molecule has 138 valence electrons. The number of nitrogens with two attached hydrogens (primary N) is 2. The van der Waals surface area contributed by atoms with E-state index in [1.807, 2.05) is 30.3 Å². The SMILES string of the molecule is Nc1nc(N)nc(CN2CCN(CC(=O)NCc3ccccc3)CC2)n1. The first kappa shape index (κ1) is 18.0. The van der Waals surface area contributed by atoms with Gasteiger partial charge in [0.1, 0.15) is 5.82 Å². The van der Waals surface area contributed by atoms with Gasteiger partial charge in [0.05, 0.1) is 13.1 Å². The Morgan fingerprint density at radius 3 is 2.23 bits per heavy atom. The summed E-state index contributed by atoms with van der Waals surface area (Å²) in [5, 5.41) is 2.96. The second-order valence-corrected chi connectivity index (χ2v) is 6.28. The maximum atomic E-state index is 12.1. The number of rotatable bonds is 6. The van der Waals surface area contributed by atoms with E-state index in [9.17, 15) is 4.79 Å². The van der Waals surface area contributed by atoms with Crippen LogP contribution in [0.4, 0.5) is 11.9 Å². The van der Waals surface area contributed by atoms with Gasteiger partial charge >= 0.3 is 0 Å². The van der Waals surface area contributed by atoms with Crippen molar-refractivity contribution in [1.29, 1.82) is 0 Å². The Bertz CT molecular complexity index is 711. The normalized spacial score (nSPS) is 15.7. The van der Waals surface area contributed by atoms with Crippen LogP contribution in [0.1, 0.15) is 11.4 Å². The molecule has 26 heavy (non-hydrogen) atoms. The fourth-order valence-corrected chi connectivity index (χ4v) is 2.89. The summed E-state index contributed by atoms with van der Waals surface area (Å²) in [5.74, 6) is 0.895. The Labute approximate surface area is 152 Å². The summed E-state index contributed by atoms with van der Waals surface area (Å²) in [6.45, 7) is 4.83. The van der Waals surface area contributed by atoms with E-state index < -0.39 is 0 Å². The largest absolute Gasteiger partial charge is 0.368 e. The van der Waals surface area contributed by atoms with E-state index in [1.54, 1.807) is 0 Å². The summed E-state index contributed by atoms with van der Waals surface area (Å²) in [4.78, 5) is 28.5. The topological polar surface area (TPSA) is 126 Å². The number of hydrogen-bond acceptors (Lipinski definition) is 8. The van der Waals surface area contributed by atoms with E-state index >= 15 is 0 Å². The van der Waals surface area contributed by atoms with Crippen molar-refractivity contribution in [2.24, 2.45) is 0 Å². The summed E-state index contributed by atoms with van der Waals surface area (Å²) in [6, 6.07) is 9.90. The molecule has 0 unspecified atom stereocenters. The average Bonchev–Trinajstić information content (AvgIpc) is 2.62. The molecule has 0 bridgehead atoms. The molecule has 0 atom stereocenters. The maximum Gasteiger partial charge on any atom is 0.234 e. The minimum Gasteiger partial charge on any atom is -0.368 e. The number of anilines is 2. The molecular formula is C17H24N8O. The van der Waals surface area contributed by atoms with Crippen molar-refractivity contribution in [3.05, 3.63) is 41.7 Å². The van der Waals surface area contributed by atoms with Crippen molar-refractivity contribution in [3.63, 3.8) is 0 Å². The van der Waals surface area contributed by atoms with Crippen LogP contribution in [0.25, 0.3) is 0 Å². The highest BCUT2D eigenvalue weighted by Crippen LogP contribution is 2.07. The van der Waals surface area contributed by atoms with Crippen molar-refractivity contribution < 1.29 is 4.79 Å². The van der Waals surface area contributed by atoms with Crippen molar-refractivity contribution >= 4 is 17.8 Å². The second-order valence-electron chi connectivity index (χ2n) is 6.28. The predicted molar refractivity (Wildman–Crippen MR) is 98.7 cm³/mol. The lowest BCUT2D eigenvalue weighted by molar-refractivity contribution is -0.122. The summed E-state index contributed by atoms with van der Waals surface area (Å²) >= 11 is 0. The lowest BCUT2D eigenvalue weighted by atomic mass is 10.2. The molecule has 0 aliphatic carbocycles. The van der Waals surface area contributed by atoms with E-state index in [-0.39, 0.29) is 17.8 Å². The number of nitrogen functional groups attached to an aromatic ring is 2. The lowest BCUT2D eigenvalue weighted by Gasteiger charge is -2.33. The zero-order valence-corrected chi connectivity index (χ0v) is 14.6. The van der Waals surface area contributed by atoms with Gasteiger partial charge in [-0.2, -0.15) is 15.0 Å². The zero-order chi connectivity index (χ0) is 18.4. The third kappa shape index (κ3) is 5.36. The highest BCUT2D eigenvalue weighted by atomic mass is 16.2. The summed E-state index contributed by atoms with van der Waals surface area (Å²) in [6.07, 6.45) is 0. The number of carbonyl (C=O) groups excluding carboxylic acids is 1. The molecular weight excluding hydrogens is 332 g/mol. The summed E-state index contributed by atoms with van der Waals surface area (Å²) < 4.78 is 0. The van der Waals surface area contributed by atoms with Crippen LogP contribution in [0, 0.1) is 0 Å². The van der Waals surface area contributed by atoms with Crippen LogP contribution >= 0.6 is 0 Å².